The molecule has 2 aromatic rings. The fourth-order valence-electron chi connectivity index (χ4n) is 2.92. The molecule has 0 radical (unpaired) electrons. The average Bonchev–Trinajstić information content (AvgIpc) is 2.42. The summed E-state index contributed by atoms with van der Waals surface area (Å²) in [5.41, 5.74) is 8.28. The molecule has 0 aromatic heterocycles. The predicted molar refractivity (Wildman–Crippen MR) is 92.0 cm³/mol. The molecule has 0 bridgehead atoms. The summed E-state index contributed by atoms with van der Waals surface area (Å²) < 4.78 is 0. The highest BCUT2D eigenvalue weighted by Gasteiger charge is 2.13. The zero-order chi connectivity index (χ0) is 15.4. The van der Waals surface area contributed by atoms with E-state index in [0.717, 1.165) is 13.0 Å². The first-order chi connectivity index (χ1) is 10.0. The van der Waals surface area contributed by atoms with Crippen LogP contribution in [0.3, 0.4) is 0 Å². The third-order valence-corrected chi connectivity index (χ3v) is 4.26. The van der Waals surface area contributed by atoms with Gasteiger partial charge in [0.1, 0.15) is 0 Å². The lowest BCUT2D eigenvalue weighted by Gasteiger charge is -2.21. The molecule has 112 valence electrons. The number of benzene rings is 2. The first-order valence-corrected chi connectivity index (χ1v) is 7.88. The maximum Gasteiger partial charge on any atom is 0.0363 e. The van der Waals surface area contributed by atoms with E-state index in [4.69, 9.17) is 0 Å². The van der Waals surface area contributed by atoms with Crippen molar-refractivity contribution in [1.82, 2.24) is 5.32 Å². The van der Waals surface area contributed by atoms with Gasteiger partial charge in [-0.2, -0.15) is 0 Å². The monoisotopic (exact) mass is 281 g/mol. The second kappa shape index (κ2) is 6.91. The molecule has 21 heavy (non-hydrogen) atoms. The molecule has 0 fully saturated rings. The van der Waals surface area contributed by atoms with Crippen molar-refractivity contribution in [3.05, 3.63) is 69.8 Å². The summed E-state index contributed by atoms with van der Waals surface area (Å²) in [5.74, 6) is 0. The van der Waals surface area contributed by atoms with Crippen molar-refractivity contribution in [3.8, 4) is 0 Å². The molecule has 0 aliphatic rings. The number of hydrogen-bond acceptors (Lipinski definition) is 1. The SMILES string of the molecule is CCNC(Cc1ccc(C)c(C)c1)c1ccc(C)cc1C. The first kappa shape index (κ1) is 15.8. The standard InChI is InChI=1S/C20H27N/c1-6-21-20(19-10-7-14(2)11-17(19)5)13-18-9-8-15(3)16(4)12-18/h7-12,20-21H,6,13H2,1-5H3. The summed E-state index contributed by atoms with van der Waals surface area (Å²) in [6, 6.07) is 14.0. The quantitative estimate of drug-likeness (QED) is 0.829. The van der Waals surface area contributed by atoms with E-state index in [-0.39, 0.29) is 0 Å². The van der Waals surface area contributed by atoms with Crippen molar-refractivity contribution in [2.75, 3.05) is 6.54 Å². The van der Waals surface area contributed by atoms with E-state index in [0.29, 0.717) is 6.04 Å². The van der Waals surface area contributed by atoms with Crippen LogP contribution in [0.5, 0.6) is 0 Å². The van der Waals surface area contributed by atoms with Gasteiger partial charge in [0.25, 0.3) is 0 Å². The van der Waals surface area contributed by atoms with Crippen LogP contribution >= 0.6 is 0 Å². The minimum Gasteiger partial charge on any atom is -0.310 e. The van der Waals surface area contributed by atoms with Gasteiger partial charge in [0.05, 0.1) is 0 Å². The van der Waals surface area contributed by atoms with Crippen LogP contribution in [0.4, 0.5) is 0 Å². The normalized spacial score (nSPS) is 12.4. The van der Waals surface area contributed by atoms with Gasteiger partial charge in [-0.3, -0.25) is 0 Å². The molecular weight excluding hydrogens is 254 g/mol. The number of rotatable bonds is 5. The summed E-state index contributed by atoms with van der Waals surface area (Å²) in [5, 5.41) is 3.64. The molecule has 0 amide bonds. The zero-order valence-electron chi connectivity index (χ0n) is 14.0. The minimum atomic E-state index is 0.387. The minimum absolute atomic E-state index is 0.387. The van der Waals surface area contributed by atoms with Gasteiger partial charge in [0, 0.05) is 6.04 Å². The molecule has 1 unspecified atom stereocenters. The lowest BCUT2D eigenvalue weighted by atomic mass is 9.93. The molecule has 0 aliphatic heterocycles. The Morgan fingerprint density at radius 3 is 2.24 bits per heavy atom. The second-order valence-corrected chi connectivity index (χ2v) is 6.09. The van der Waals surface area contributed by atoms with E-state index < -0.39 is 0 Å². The number of likely N-dealkylation sites (N-methyl/N-ethyl adjacent to an activating group) is 1. The Morgan fingerprint density at radius 1 is 0.857 bits per heavy atom. The second-order valence-electron chi connectivity index (χ2n) is 6.09. The van der Waals surface area contributed by atoms with Gasteiger partial charge in [-0.15, -0.1) is 0 Å². The van der Waals surface area contributed by atoms with E-state index in [1.165, 1.54) is 33.4 Å². The van der Waals surface area contributed by atoms with E-state index in [1.807, 2.05) is 0 Å². The summed E-state index contributed by atoms with van der Waals surface area (Å²) >= 11 is 0. The van der Waals surface area contributed by atoms with Crippen LogP contribution in [0.2, 0.25) is 0 Å². The summed E-state index contributed by atoms with van der Waals surface area (Å²) in [6.45, 7) is 11.9. The Morgan fingerprint density at radius 2 is 1.62 bits per heavy atom. The van der Waals surface area contributed by atoms with Crippen molar-refractivity contribution in [3.63, 3.8) is 0 Å². The van der Waals surface area contributed by atoms with E-state index in [1.54, 1.807) is 0 Å². The Hall–Kier alpha value is -1.60. The summed E-state index contributed by atoms with van der Waals surface area (Å²) in [6.07, 6.45) is 1.04. The van der Waals surface area contributed by atoms with Gasteiger partial charge in [0.2, 0.25) is 0 Å². The van der Waals surface area contributed by atoms with Gasteiger partial charge in [-0.1, -0.05) is 48.9 Å². The molecule has 0 aliphatic carbocycles. The maximum atomic E-state index is 3.64. The highest BCUT2D eigenvalue weighted by atomic mass is 14.9. The highest BCUT2D eigenvalue weighted by Crippen LogP contribution is 2.23. The third kappa shape index (κ3) is 3.95. The Labute approximate surface area is 129 Å². The van der Waals surface area contributed by atoms with E-state index in [2.05, 4.69) is 76.3 Å². The van der Waals surface area contributed by atoms with Crippen LogP contribution in [-0.4, -0.2) is 6.54 Å². The number of aryl methyl sites for hydroxylation is 4. The lowest BCUT2D eigenvalue weighted by Crippen LogP contribution is -2.23. The molecule has 2 aromatic carbocycles. The van der Waals surface area contributed by atoms with Crippen molar-refractivity contribution >= 4 is 0 Å². The maximum absolute atomic E-state index is 3.64. The predicted octanol–water partition coefficient (Wildman–Crippen LogP) is 4.81. The lowest BCUT2D eigenvalue weighted by molar-refractivity contribution is 0.547. The molecule has 0 saturated heterocycles. The smallest absolute Gasteiger partial charge is 0.0363 e. The molecule has 1 atom stereocenters. The van der Waals surface area contributed by atoms with Crippen molar-refractivity contribution in [2.24, 2.45) is 0 Å². The Kier molecular flexibility index (Phi) is 5.19. The fourth-order valence-corrected chi connectivity index (χ4v) is 2.92. The molecule has 1 nitrogen and oxygen atoms in total. The van der Waals surface area contributed by atoms with E-state index >= 15 is 0 Å². The highest BCUT2D eigenvalue weighted by molar-refractivity contribution is 5.35. The molecule has 2 rings (SSSR count). The topological polar surface area (TPSA) is 12.0 Å². The third-order valence-electron chi connectivity index (χ3n) is 4.26. The zero-order valence-corrected chi connectivity index (χ0v) is 14.0. The van der Waals surface area contributed by atoms with E-state index in [9.17, 15) is 0 Å². The van der Waals surface area contributed by atoms with Gasteiger partial charge in [-0.05, 0) is 68.5 Å². The van der Waals surface area contributed by atoms with Crippen molar-refractivity contribution < 1.29 is 0 Å². The van der Waals surface area contributed by atoms with Crippen LogP contribution in [0.1, 0.15) is 46.3 Å². The van der Waals surface area contributed by atoms with Gasteiger partial charge in [0.15, 0.2) is 0 Å². The Balaban J connectivity index is 2.28. The number of nitrogens with one attached hydrogen (secondary N) is 1. The average molecular weight is 281 g/mol. The number of hydrogen-bond donors (Lipinski definition) is 1. The molecule has 0 spiro atoms. The summed E-state index contributed by atoms with van der Waals surface area (Å²) in [4.78, 5) is 0. The molecule has 0 saturated carbocycles. The molecular formula is C20H27N. The van der Waals surface area contributed by atoms with Crippen LogP contribution in [-0.2, 0) is 6.42 Å². The molecule has 1 heteroatoms. The molecule has 0 heterocycles. The van der Waals surface area contributed by atoms with Gasteiger partial charge >= 0.3 is 0 Å². The first-order valence-electron chi connectivity index (χ1n) is 7.88. The summed E-state index contributed by atoms with van der Waals surface area (Å²) in [7, 11) is 0. The Bertz CT molecular complexity index is 613. The van der Waals surface area contributed by atoms with Crippen LogP contribution in [0.15, 0.2) is 36.4 Å². The van der Waals surface area contributed by atoms with Crippen LogP contribution < -0.4 is 5.32 Å². The van der Waals surface area contributed by atoms with Crippen LogP contribution in [0, 0.1) is 27.7 Å². The van der Waals surface area contributed by atoms with Gasteiger partial charge < -0.3 is 5.32 Å². The van der Waals surface area contributed by atoms with Crippen molar-refractivity contribution in [2.45, 2.75) is 47.1 Å². The molecule has 1 N–H and O–H groups in total. The van der Waals surface area contributed by atoms with Gasteiger partial charge in [-0.25, -0.2) is 0 Å². The van der Waals surface area contributed by atoms with Crippen molar-refractivity contribution in [1.29, 1.82) is 0 Å². The largest absolute Gasteiger partial charge is 0.310 e. The fraction of sp³-hybridized carbons (Fsp3) is 0.400. The van der Waals surface area contributed by atoms with Crippen LogP contribution in [0.25, 0.3) is 0 Å².